The Bertz CT molecular complexity index is 1330. The third-order valence-electron chi connectivity index (χ3n) is 5.94. The molecular formula is C25H18BN. The molecule has 1 aliphatic rings. The van der Waals surface area contributed by atoms with E-state index in [2.05, 4.69) is 102 Å². The highest BCUT2D eigenvalue weighted by Gasteiger charge is 2.32. The molecular weight excluding hydrogens is 325 g/mol. The maximum Gasteiger partial charge on any atom is 0.246 e. The minimum atomic E-state index is 0.266. The summed E-state index contributed by atoms with van der Waals surface area (Å²) in [6, 6.07) is 33.4. The lowest BCUT2D eigenvalue weighted by molar-refractivity contribution is 1.19. The number of para-hydroxylation sites is 3. The monoisotopic (exact) mass is 343 g/mol. The van der Waals surface area contributed by atoms with Crippen LogP contribution in [0.25, 0.3) is 27.5 Å². The molecule has 0 atom stereocenters. The fourth-order valence-electron chi connectivity index (χ4n) is 4.75. The molecule has 4 aromatic carbocycles. The first-order chi connectivity index (χ1) is 13.3. The topological polar surface area (TPSA) is 4.93 Å². The zero-order valence-electron chi connectivity index (χ0n) is 15.2. The standard InChI is InChI=1S/C25H18BN/c1-17-13-15-18(16-14-17)26-21-9-3-5-12-24(21)27-23-11-4-2-7-19(23)20-8-6-10-22(26)25(20)27/h2-16H,1H3. The van der Waals surface area contributed by atoms with Gasteiger partial charge < -0.3 is 4.57 Å². The average Bonchev–Trinajstić information content (AvgIpc) is 3.06. The van der Waals surface area contributed by atoms with Crippen molar-refractivity contribution in [1.29, 1.82) is 0 Å². The number of rotatable bonds is 1. The predicted molar refractivity (Wildman–Crippen MR) is 117 cm³/mol. The van der Waals surface area contributed by atoms with E-state index in [-0.39, 0.29) is 6.71 Å². The van der Waals surface area contributed by atoms with E-state index in [0.717, 1.165) is 0 Å². The van der Waals surface area contributed by atoms with Gasteiger partial charge in [0.1, 0.15) is 0 Å². The molecule has 0 bridgehead atoms. The maximum absolute atomic E-state index is 2.46. The molecule has 2 heteroatoms. The highest BCUT2D eigenvalue weighted by Crippen LogP contribution is 2.32. The zero-order chi connectivity index (χ0) is 18.0. The minimum absolute atomic E-state index is 0.266. The van der Waals surface area contributed by atoms with Crippen LogP contribution in [-0.4, -0.2) is 11.3 Å². The van der Waals surface area contributed by atoms with Crippen LogP contribution in [0.1, 0.15) is 5.56 Å². The molecule has 2 heterocycles. The van der Waals surface area contributed by atoms with Gasteiger partial charge in [-0.25, -0.2) is 0 Å². The molecule has 0 aliphatic carbocycles. The van der Waals surface area contributed by atoms with Gasteiger partial charge in [-0.1, -0.05) is 89.9 Å². The molecule has 0 spiro atoms. The van der Waals surface area contributed by atoms with Crippen molar-refractivity contribution < 1.29 is 0 Å². The predicted octanol–water partition coefficient (Wildman–Crippen LogP) is 3.92. The molecule has 0 saturated carbocycles. The van der Waals surface area contributed by atoms with Crippen LogP contribution in [0.3, 0.4) is 0 Å². The van der Waals surface area contributed by atoms with Gasteiger partial charge in [-0.3, -0.25) is 0 Å². The number of aryl methyl sites for hydroxylation is 1. The normalized spacial score (nSPS) is 12.6. The van der Waals surface area contributed by atoms with E-state index in [1.807, 2.05) is 0 Å². The Labute approximate surface area is 159 Å². The first kappa shape index (κ1) is 14.9. The molecule has 0 saturated heterocycles. The Hall–Kier alpha value is -3.26. The van der Waals surface area contributed by atoms with Crippen molar-refractivity contribution in [3.8, 4) is 5.69 Å². The van der Waals surface area contributed by atoms with E-state index in [1.165, 1.54) is 49.4 Å². The van der Waals surface area contributed by atoms with E-state index in [4.69, 9.17) is 0 Å². The van der Waals surface area contributed by atoms with Crippen LogP contribution in [0.4, 0.5) is 0 Å². The second-order valence-electron chi connectivity index (χ2n) is 7.50. The van der Waals surface area contributed by atoms with Crippen molar-refractivity contribution in [2.75, 3.05) is 0 Å². The van der Waals surface area contributed by atoms with Crippen LogP contribution < -0.4 is 16.4 Å². The summed E-state index contributed by atoms with van der Waals surface area (Å²) in [5.41, 5.74) is 9.37. The van der Waals surface area contributed by atoms with Crippen LogP contribution in [0.2, 0.25) is 0 Å². The van der Waals surface area contributed by atoms with Gasteiger partial charge in [-0.05, 0) is 30.0 Å². The summed E-state index contributed by atoms with van der Waals surface area (Å²) in [7, 11) is 0. The second-order valence-corrected chi connectivity index (χ2v) is 7.50. The third-order valence-corrected chi connectivity index (χ3v) is 5.94. The molecule has 6 rings (SSSR count). The largest absolute Gasteiger partial charge is 0.310 e. The van der Waals surface area contributed by atoms with Crippen molar-refractivity contribution in [1.82, 2.24) is 4.57 Å². The van der Waals surface area contributed by atoms with Gasteiger partial charge in [0.2, 0.25) is 6.71 Å². The highest BCUT2D eigenvalue weighted by atomic mass is 15.0. The van der Waals surface area contributed by atoms with Crippen molar-refractivity contribution >= 4 is 44.9 Å². The Kier molecular flexibility index (Phi) is 2.96. The molecule has 1 aromatic heterocycles. The number of fused-ring (bicyclic) bond motifs is 5. The summed E-state index contributed by atoms with van der Waals surface area (Å²) >= 11 is 0. The van der Waals surface area contributed by atoms with Gasteiger partial charge in [0.15, 0.2) is 0 Å². The summed E-state index contributed by atoms with van der Waals surface area (Å²) in [6.45, 7) is 2.42. The fourth-order valence-corrected chi connectivity index (χ4v) is 4.75. The smallest absolute Gasteiger partial charge is 0.246 e. The lowest BCUT2D eigenvalue weighted by Gasteiger charge is -2.27. The summed E-state index contributed by atoms with van der Waals surface area (Å²) in [4.78, 5) is 0. The van der Waals surface area contributed by atoms with Gasteiger partial charge in [0, 0.05) is 22.0 Å². The summed E-state index contributed by atoms with van der Waals surface area (Å²) in [5, 5.41) is 2.67. The first-order valence-electron chi connectivity index (χ1n) is 9.51. The van der Waals surface area contributed by atoms with Crippen molar-refractivity contribution in [3.63, 3.8) is 0 Å². The van der Waals surface area contributed by atoms with Crippen molar-refractivity contribution in [2.45, 2.75) is 6.92 Å². The van der Waals surface area contributed by atoms with E-state index >= 15 is 0 Å². The molecule has 0 amide bonds. The number of hydrogen-bond donors (Lipinski definition) is 0. The van der Waals surface area contributed by atoms with E-state index in [9.17, 15) is 0 Å². The number of hydrogen-bond acceptors (Lipinski definition) is 0. The second kappa shape index (κ2) is 5.37. The van der Waals surface area contributed by atoms with Crippen LogP contribution in [0.5, 0.6) is 0 Å². The molecule has 126 valence electrons. The molecule has 27 heavy (non-hydrogen) atoms. The van der Waals surface area contributed by atoms with E-state index in [0.29, 0.717) is 0 Å². The summed E-state index contributed by atoms with van der Waals surface area (Å²) in [5.74, 6) is 0. The Balaban J connectivity index is 1.81. The molecule has 0 radical (unpaired) electrons. The van der Waals surface area contributed by atoms with Gasteiger partial charge >= 0.3 is 0 Å². The quantitative estimate of drug-likeness (QED) is 0.399. The summed E-state index contributed by atoms with van der Waals surface area (Å²) < 4.78 is 2.46. The lowest BCUT2D eigenvalue weighted by atomic mass is 9.35. The van der Waals surface area contributed by atoms with Crippen LogP contribution >= 0.6 is 0 Å². The Morgan fingerprint density at radius 3 is 2.22 bits per heavy atom. The minimum Gasteiger partial charge on any atom is -0.310 e. The van der Waals surface area contributed by atoms with E-state index in [1.54, 1.807) is 0 Å². The zero-order valence-corrected chi connectivity index (χ0v) is 15.2. The first-order valence-corrected chi connectivity index (χ1v) is 9.51. The van der Waals surface area contributed by atoms with Gasteiger partial charge in [0.05, 0.1) is 5.52 Å². The highest BCUT2D eigenvalue weighted by molar-refractivity contribution is 6.98. The van der Waals surface area contributed by atoms with Gasteiger partial charge in [0.25, 0.3) is 0 Å². The number of nitrogens with zero attached hydrogens (tertiary/aromatic N) is 1. The molecule has 0 unspecified atom stereocenters. The number of benzene rings is 4. The fraction of sp³-hybridized carbons (Fsp3) is 0.0400. The lowest BCUT2D eigenvalue weighted by Crippen LogP contribution is -2.55. The molecule has 1 nitrogen and oxygen atoms in total. The molecule has 1 aliphatic heterocycles. The molecule has 5 aromatic rings. The van der Waals surface area contributed by atoms with Crippen LogP contribution in [0, 0.1) is 6.92 Å². The van der Waals surface area contributed by atoms with Gasteiger partial charge in [-0.2, -0.15) is 0 Å². The van der Waals surface area contributed by atoms with Crippen molar-refractivity contribution in [3.05, 3.63) is 96.6 Å². The molecule has 0 fully saturated rings. The van der Waals surface area contributed by atoms with E-state index < -0.39 is 0 Å². The number of aromatic nitrogens is 1. The average molecular weight is 343 g/mol. The Morgan fingerprint density at radius 2 is 1.33 bits per heavy atom. The Morgan fingerprint density at radius 1 is 0.630 bits per heavy atom. The van der Waals surface area contributed by atoms with Crippen LogP contribution in [-0.2, 0) is 0 Å². The van der Waals surface area contributed by atoms with Crippen molar-refractivity contribution in [2.24, 2.45) is 0 Å². The van der Waals surface area contributed by atoms with Crippen LogP contribution in [0.15, 0.2) is 91.0 Å². The maximum atomic E-state index is 2.46. The SMILES string of the molecule is Cc1ccc(B2c3ccccc3-n3c4ccccc4c4cccc2c43)cc1. The third kappa shape index (κ3) is 1.96. The molecule has 0 N–H and O–H groups in total. The summed E-state index contributed by atoms with van der Waals surface area (Å²) in [6.07, 6.45) is 0. The van der Waals surface area contributed by atoms with Gasteiger partial charge in [-0.15, -0.1) is 0 Å².